The van der Waals surface area contributed by atoms with E-state index >= 15 is 0 Å². The summed E-state index contributed by atoms with van der Waals surface area (Å²) in [6.07, 6.45) is 3.91. The van der Waals surface area contributed by atoms with Crippen molar-refractivity contribution in [1.29, 1.82) is 0 Å². The van der Waals surface area contributed by atoms with E-state index in [-0.39, 0.29) is 5.41 Å². The first-order valence-corrected chi connectivity index (χ1v) is 7.66. The molecule has 3 heteroatoms. The minimum Gasteiger partial charge on any atom is -0.399 e. The van der Waals surface area contributed by atoms with E-state index in [1.807, 2.05) is 12.1 Å². The minimum atomic E-state index is 0.0517. The van der Waals surface area contributed by atoms with Crippen LogP contribution in [0, 0.1) is 5.92 Å². The summed E-state index contributed by atoms with van der Waals surface area (Å²) < 4.78 is 2.49. The molecule has 0 aliphatic heterocycles. The maximum atomic E-state index is 5.92. The van der Waals surface area contributed by atoms with Gasteiger partial charge in [-0.25, -0.2) is 4.98 Å². The van der Waals surface area contributed by atoms with Gasteiger partial charge in [0.2, 0.25) is 0 Å². The Bertz CT molecular complexity index is 633. The van der Waals surface area contributed by atoms with Crippen molar-refractivity contribution in [2.24, 2.45) is 5.92 Å². The number of imidazole rings is 1. The van der Waals surface area contributed by atoms with Gasteiger partial charge in [0.05, 0.1) is 11.0 Å². The van der Waals surface area contributed by atoms with E-state index in [4.69, 9.17) is 10.7 Å². The molecule has 1 aromatic carbocycles. The fourth-order valence-corrected chi connectivity index (χ4v) is 3.49. The summed E-state index contributed by atoms with van der Waals surface area (Å²) in [6, 6.07) is 6.71. The number of benzene rings is 1. The van der Waals surface area contributed by atoms with Crippen molar-refractivity contribution >= 4 is 16.7 Å². The number of hydrogen-bond donors (Lipinski definition) is 1. The molecule has 1 heterocycles. The second-order valence-corrected chi connectivity index (χ2v) is 7.28. The van der Waals surface area contributed by atoms with Gasteiger partial charge in [-0.2, -0.15) is 0 Å². The van der Waals surface area contributed by atoms with Gasteiger partial charge in [-0.3, -0.25) is 0 Å². The zero-order chi connectivity index (χ0) is 14.5. The van der Waals surface area contributed by atoms with Crippen LogP contribution < -0.4 is 5.73 Å². The lowest BCUT2D eigenvalue weighted by Gasteiger charge is -2.26. The Kier molecular flexibility index (Phi) is 3.03. The molecule has 0 spiro atoms. The molecule has 0 radical (unpaired) electrons. The lowest BCUT2D eigenvalue weighted by Crippen LogP contribution is -2.23. The van der Waals surface area contributed by atoms with E-state index in [0.29, 0.717) is 6.04 Å². The van der Waals surface area contributed by atoms with Crippen LogP contribution in [0.1, 0.15) is 58.8 Å². The Morgan fingerprint density at radius 2 is 2.00 bits per heavy atom. The van der Waals surface area contributed by atoms with Gasteiger partial charge < -0.3 is 10.3 Å². The van der Waals surface area contributed by atoms with Gasteiger partial charge in [0.15, 0.2) is 0 Å². The van der Waals surface area contributed by atoms with E-state index in [1.54, 1.807) is 0 Å². The highest BCUT2D eigenvalue weighted by Gasteiger charge is 2.32. The van der Waals surface area contributed by atoms with Crippen molar-refractivity contribution in [3.8, 4) is 0 Å². The molecule has 2 atom stereocenters. The van der Waals surface area contributed by atoms with Gasteiger partial charge in [0.1, 0.15) is 5.82 Å². The van der Waals surface area contributed by atoms with E-state index < -0.39 is 0 Å². The lowest BCUT2D eigenvalue weighted by molar-refractivity contribution is 0.379. The number of aromatic nitrogens is 2. The molecule has 3 nitrogen and oxygen atoms in total. The number of nitrogens with two attached hydrogens (primary N) is 1. The van der Waals surface area contributed by atoms with Crippen molar-refractivity contribution in [2.75, 3.05) is 5.73 Å². The van der Waals surface area contributed by atoms with Crippen molar-refractivity contribution in [2.45, 2.75) is 58.4 Å². The summed E-state index contributed by atoms with van der Waals surface area (Å²) in [5.74, 6) is 1.92. The standard InChI is InChI=1S/C17H25N3/c1-11-6-5-7-14(11)20-15-9-8-12(18)10-13(15)19-16(20)17(2,3)4/h8-11,14H,5-7,18H2,1-4H3. The summed E-state index contributed by atoms with van der Waals surface area (Å²) in [7, 11) is 0. The molecule has 0 saturated heterocycles. The van der Waals surface area contributed by atoms with Crippen molar-refractivity contribution < 1.29 is 0 Å². The van der Waals surface area contributed by atoms with Gasteiger partial charge in [-0.05, 0) is 37.0 Å². The van der Waals surface area contributed by atoms with Crippen LogP contribution in [0.4, 0.5) is 5.69 Å². The fourth-order valence-electron chi connectivity index (χ4n) is 3.49. The smallest absolute Gasteiger partial charge is 0.115 e. The van der Waals surface area contributed by atoms with Gasteiger partial charge in [-0.1, -0.05) is 34.1 Å². The number of nitrogens with zero attached hydrogens (tertiary/aromatic N) is 2. The summed E-state index contributed by atoms with van der Waals surface area (Å²) in [4.78, 5) is 4.91. The SMILES string of the molecule is CC1CCCC1n1c(C(C)(C)C)nc2cc(N)ccc21. The summed E-state index contributed by atoms with van der Waals surface area (Å²) in [6.45, 7) is 9.10. The number of hydrogen-bond acceptors (Lipinski definition) is 2. The first-order chi connectivity index (χ1) is 9.38. The van der Waals surface area contributed by atoms with Crippen molar-refractivity contribution in [1.82, 2.24) is 9.55 Å². The molecular weight excluding hydrogens is 246 g/mol. The molecule has 3 rings (SSSR count). The number of fused-ring (bicyclic) bond motifs is 1. The fraction of sp³-hybridized carbons (Fsp3) is 0.588. The van der Waals surface area contributed by atoms with E-state index in [9.17, 15) is 0 Å². The molecule has 2 N–H and O–H groups in total. The lowest BCUT2D eigenvalue weighted by atomic mass is 9.94. The molecule has 2 unspecified atom stereocenters. The normalized spacial score (nSPS) is 23.6. The molecule has 2 aromatic rings. The Morgan fingerprint density at radius 3 is 2.60 bits per heavy atom. The number of rotatable bonds is 1. The molecule has 1 fully saturated rings. The van der Waals surface area contributed by atoms with Crippen LogP contribution in [0.3, 0.4) is 0 Å². The quantitative estimate of drug-likeness (QED) is 0.787. The second-order valence-electron chi connectivity index (χ2n) is 7.28. The average Bonchev–Trinajstić information content (AvgIpc) is 2.91. The predicted molar refractivity (Wildman–Crippen MR) is 84.9 cm³/mol. The summed E-state index contributed by atoms with van der Waals surface area (Å²) in [5.41, 5.74) is 9.04. The summed E-state index contributed by atoms with van der Waals surface area (Å²) >= 11 is 0. The van der Waals surface area contributed by atoms with Crippen LogP contribution >= 0.6 is 0 Å². The van der Waals surface area contributed by atoms with Crippen molar-refractivity contribution in [3.05, 3.63) is 24.0 Å². The number of nitrogen functional groups attached to an aromatic ring is 1. The third-order valence-electron chi connectivity index (χ3n) is 4.53. The highest BCUT2D eigenvalue weighted by molar-refractivity contribution is 5.80. The van der Waals surface area contributed by atoms with E-state index in [1.165, 1.54) is 30.6 Å². The Morgan fingerprint density at radius 1 is 1.25 bits per heavy atom. The van der Waals surface area contributed by atoms with Gasteiger partial charge in [0.25, 0.3) is 0 Å². The highest BCUT2D eigenvalue weighted by atomic mass is 15.1. The van der Waals surface area contributed by atoms with Crippen LogP contribution in [0.5, 0.6) is 0 Å². The maximum absolute atomic E-state index is 5.92. The Balaban J connectivity index is 2.26. The predicted octanol–water partition coefficient (Wildman–Crippen LogP) is 4.28. The molecule has 108 valence electrons. The molecule has 1 aliphatic carbocycles. The van der Waals surface area contributed by atoms with Crippen LogP contribution in [0.15, 0.2) is 18.2 Å². The Hall–Kier alpha value is -1.51. The van der Waals surface area contributed by atoms with Gasteiger partial charge >= 0.3 is 0 Å². The Labute approximate surface area is 121 Å². The third-order valence-corrected chi connectivity index (χ3v) is 4.53. The largest absolute Gasteiger partial charge is 0.399 e. The first-order valence-electron chi connectivity index (χ1n) is 7.66. The molecule has 20 heavy (non-hydrogen) atoms. The van der Waals surface area contributed by atoms with Gasteiger partial charge in [0, 0.05) is 17.1 Å². The monoisotopic (exact) mass is 271 g/mol. The average molecular weight is 271 g/mol. The van der Waals surface area contributed by atoms with E-state index in [2.05, 4.69) is 38.3 Å². The molecule has 1 aliphatic rings. The maximum Gasteiger partial charge on any atom is 0.115 e. The van der Waals surface area contributed by atoms with Crippen LogP contribution in [0.2, 0.25) is 0 Å². The summed E-state index contributed by atoms with van der Waals surface area (Å²) in [5, 5.41) is 0. The molecule has 0 amide bonds. The molecule has 0 bridgehead atoms. The second kappa shape index (κ2) is 4.51. The molecule has 1 aromatic heterocycles. The van der Waals surface area contributed by atoms with Crippen molar-refractivity contribution in [3.63, 3.8) is 0 Å². The zero-order valence-corrected chi connectivity index (χ0v) is 13.0. The minimum absolute atomic E-state index is 0.0517. The molecule has 1 saturated carbocycles. The van der Waals surface area contributed by atoms with Crippen LogP contribution in [-0.2, 0) is 5.41 Å². The van der Waals surface area contributed by atoms with Gasteiger partial charge in [-0.15, -0.1) is 0 Å². The number of anilines is 1. The zero-order valence-electron chi connectivity index (χ0n) is 13.0. The topological polar surface area (TPSA) is 43.8 Å². The van der Waals surface area contributed by atoms with Crippen LogP contribution in [0.25, 0.3) is 11.0 Å². The van der Waals surface area contributed by atoms with E-state index in [0.717, 1.165) is 17.1 Å². The third kappa shape index (κ3) is 2.09. The van der Waals surface area contributed by atoms with Crippen LogP contribution in [-0.4, -0.2) is 9.55 Å². The first kappa shape index (κ1) is 13.5. The highest BCUT2D eigenvalue weighted by Crippen LogP contribution is 2.40. The molecular formula is C17H25N3.